The highest BCUT2D eigenvalue weighted by Crippen LogP contribution is 2.20. The lowest BCUT2D eigenvalue weighted by molar-refractivity contribution is 0.0911. The number of hydrogen-bond donors (Lipinski definition) is 1. The first-order chi connectivity index (χ1) is 7.95. The van der Waals surface area contributed by atoms with E-state index in [-0.39, 0.29) is 0 Å². The van der Waals surface area contributed by atoms with Gasteiger partial charge >= 0.3 is 0 Å². The van der Waals surface area contributed by atoms with E-state index in [9.17, 15) is 0 Å². The number of aliphatic imine (C=N–C) groups is 1. The molecule has 16 heavy (non-hydrogen) atoms. The Morgan fingerprint density at radius 1 is 1.25 bits per heavy atom. The molecule has 0 spiro atoms. The number of aromatic amines is 1. The molecule has 0 fully saturated rings. The molecule has 1 aromatic rings. The molecule has 0 saturated carbocycles. The van der Waals surface area contributed by atoms with Gasteiger partial charge in [-0.3, -0.25) is 10.0 Å². The van der Waals surface area contributed by atoms with Gasteiger partial charge in [-0.1, -0.05) is 0 Å². The van der Waals surface area contributed by atoms with Gasteiger partial charge in [0.1, 0.15) is 5.82 Å². The first kappa shape index (κ1) is 9.08. The Labute approximate surface area is 93.9 Å². The molecule has 82 valence electrons. The summed E-state index contributed by atoms with van der Waals surface area (Å²) >= 11 is 0. The van der Waals surface area contributed by atoms with Crippen LogP contribution in [0.15, 0.2) is 48.0 Å². The zero-order chi connectivity index (χ0) is 10.8. The number of rotatable bonds is 2. The third kappa shape index (κ3) is 1.46. The molecule has 1 aromatic heterocycles. The maximum absolute atomic E-state index is 4.06. The Morgan fingerprint density at radius 3 is 3.00 bits per heavy atom. The van der Waals surface area contributed by atoms with Crippen molar-refractivity contribution in [3.05, 3.63) is 43.0 Å². The molecule has 0 atom stereocenters. The van der Waals surface area contributed by atoms with E-state index >= 15 is 0 Å². The van der Waals surface area contributed by atoms with Gasteiger partial charge in [-0.15, -0.1) is 0 Å². The summed E-state index contributed by atoms with van der Waals surface area (Å²) in [5, 5.41) is 6.33. The highest BCUT2D eigenvalue weighted by atomic mass is 15.9. The van der Waals surface area contributed by atoms with E-state index in [4.69, 9.17) is 0 Å². The Morgan fingerprint density at radius 2 is 2.25 bits per heavy atom. The fourth-order valence-corrected chi connectivity index (χ4v) is 1.84. The lowest BCUT2D eigenvalue weighted by atomic mass is 10.5. The van der Waals surface area contributed by atoms with Crippen LogP contribution in [0.4, 0.5) is 5.82 Å². The maximum atomic E-state index is 4.06. The number of hydrazine groups is 2. The van der Waals surface area contributed by atoms with Gasteiger partial charge in [0, 0.05) is 31.0 Å². The molecule has 3 heterocycles. The molecule has 0 radical (unpaired) electrons. The molecular weight excluding hydrogens is 202 g/mol. The summed E-state index contributed by atoms with van der Waals surface area (Å²) < 4.78 is 0. The van der Waals surface area contributed by atoms with Gasteiger partial charge in [0.25, 0.3) is 0 Å². The molecule has 0 saturated heterocycles. The molecule has 0 bridgehead atoms. The smallest absolute Gasteiger partial charge is 0.126 e. The van der Waals surface area contributed by atoms with Crippen LogP contribution in [0.2, 0.25) is 0 Å². The van der Waals surface area contributed by atoms with Crippen LogP contribution in [0, 0.1) is 0 Å². The number of nitrogens with one attached hydrogen (secondary N) is 1. The van der Waals surface area contributed by atoms with Gasteiger partial charge in [-0.2, -0.15) is 5.12 Å². The van der Waals surface area contributed by atoms with Crippen molar-refractivity contribution >= 4 is 12.0 Å². The third-order valence-corrected chi connectivity index (χ3v) is 2.59. The standard InChI is InChI=1S/C11H13N5/c1-3-11(13-4-1)15-7-2-8-16(15)14-9-5-12-6-10-14/h1-6,8-9,13H,7,10H2. The molecule has 2 aliphatic rings. The number of hydrogen-bond acceptors (Lipinski definition) is 4. The fraction of sp³-hybridized carbons (Fsp3) is 0.182. The highest BCUT2D eigenvalue weighted by Gasteiger charge is 2.21. The van der Waals surface area contributed by atoms with Crippen molar-refractivity contribution in [2.45, 2.75) is 0 Å². The molecule has 2 aliphatic heterocycles. The molecule has 5 nitrogen and oxygen atoms in total. The SMILES string of the molecule is C1=CN(N2C=CN=CC2)N(c2ccc[nH]2)C1. The second-order valence-electron chi connectivity index (χ2n) is 3.59. The Hall–Kier alpha value is -2.17. The molecule has 5 heteroatoms. The second-order valence-corrected chi connectivity index (χ2v) is 3.59. The zero-order valence-electron chi connectivity index (χ0n) is 8.82. The van der Waals surface area contributed by atoms with Crippen molar-refractivity contribution in [2.24, 2.45) is 4.99 Å². The first-order valence-electron chi connectivity index (χ1n) is 5.27. The van der Waals surface area contributed by atoms with Crippen LogP contribution in [0.5, 0.6) is 0 Å². The van der Waals surface area contributed by atoms with Crippen LogP contribution >= 0.6 is 0 Å². The summed E-state index contributed by atoms with van der Waals surface area (Å²) in [5.41, 5.74) is 0. The minimum Gasteiger partial charge on any atom is -0.347 e. The quantitative estimate of drug-likeness (QED) is 0.809. The normalized spacial score (nSPS) is 18.9. The summed E-state index contributed by atoms with van der Waals surface area (Å²) in [6.45, 7) is 1.67. The van der Waals surface area contributed by atoms with Gasteiger partial charge in [-0.05, 0) is 18.2 Å². The van der Waals surface area contributed by atoms with Gasteiger partial charge in [0.2, 0.25) is 0 Å². The van der Waals surface area contributed by atoms with Crippen molar-refractivity contribution in [2.75, 3.05) is 18.1 Å². The topological polar surface area (TPSA) is 37.9 Å². The number of nitrogens with zero attached hydrogens (tertiary/aromatic N) is 4. The molecule has 1 N–H and O–H groups in total. The fourth-order valence-electron chi connectivity index (χ4n) is 1.84. The van der Waals surface area contributed by atoms with Crippen LogP contribution in [-0.4, -0.2) is 34.4 Å². The van der Waals surface area contributed by atoms with Gasteiger partial charge < -0.3 is 4.98 Å². The van der Waals surface area contributed by atoms with E-state index in [1.54, 1.807) is 6.20 Å². The van der Waals surface area contributed by atoms with Gasteiger partial charge in [0.05, 0.1) is 13.1 Å². The summed E-state index contributed by atoms with van der Waals surface area (Å²) in [4.78, 5) is 7.27. The van der Waals surface area contributed by atoms with E-state index < -0.39 is 0 Å². The van der Waals surface area contributed by atoms with Crippen LogP contribution in [0.1, 0.15) is 0 Å². The number of anilines is 1. The second kappa shape index (κ2) is 3.77. The van der Waals surface area contributed by atoms with E-state index in [1.165, 1.54) is 0 Å². The monoisotopic (exact) mass is 215 g/mol. The Bertz CT molecular complexity index is 431. The van der Waals surface area contributed by atoms with Crippen LogP contribution in [-0.2, 0) is 0 Å². The summed E-state index contributed by atoms with van der Waals surface area (Å²) in [5.74, 6) is 1.08. The van der Waals surface area contributed by atoms with Gasteiger partial charge in [-0.25, -0.2) is 5.01 Å². The van der Waals surface area contributed by atoms with Crippen LogP contribution < -0.4 is 5.01 Å². The van der Waals surface area contributed by atoms with Crippen molar-refractivity contribution in [3.8, 4) is 0 Å². The van der Waals surface area contributed by atoms with Crippen molar-refractivity contribution in [1.82, 2.24) is 15.1 Å². The zero-order valence-corrected chi connectivity index (χ0v) is 8.82. The molecule has 0 amide bonds. The van der Waals surface area contributed by atoms with E-state index in [1.807, 2.05) is 24.7 Å². The van der Waals surface area contributed by atoms with E-state index in [0.717, 1.165) is 18.9 Å². The Kier molecular flexibility index (Phi) is 2.14. The van der Waals surface area contributed by atoms with Crippen LogP contribution in [0.3, 0.4) is 0 Å². The highest BCUT2D eigenvalue weighted by molar-refractivity contribution is 5.61. The van der Waals surface area contributed by atoms with E-state index in [2.05, 4.69) is 43.5 Å². The summed E-state index contributed by atoms with van der Waals surface area (Å²) in [6.07, 6.45) is 11.8. The molecular formula is C11H13N5. The summed E-state index contributed by atoms with van der Waals surface area (Å²) in [6, 6.07) is 4.06. The summed E-state index contributed by atoms with van der Waals surface area (Å²) in [7, 11) is 0. The van der Waals surface area contributed by atoms with Crippen molar-refractivity contribution in [3.63, 3.8) is 0 Å². The lowest BCUT2D eigenvalue weighted by Gasteiger charge is -2.37. The third-order valence-electron chi connectivity index (χ3n) is 2.59. The largest absolute Gasteiger partial charge is 0.347 e. The van der Waals surface area contributed by atoms with Crippen LogP contribution in [0.25, 0.3) is 0 Å². The minimum atomic E-state index is 0.790. The first-order valence-corrected chi connectivity index (χ1v) is 5.27. The van der Waals surface area contributed by atoms with Crippen molar-refractivity contribution < 1.29 is 0 Å². The number of aromatic nitrogens is 1. The molecule has 3 rings (SSSR count). The van der Waals surface area contributed by atoms with E-state index in [0.29, 0.717) is 0 Å². The maximum Gasteiger partial charge on any atom is 0.126 e. The van der Waals surface area contributed by atoms with Gasteiger partial charge in [0.15, 0.2) is 0 Å². The molecule has 0 aliphatic carbocycles. The average molecular weight is 215 g/mol. The average Bonchev–Trinajstić information content (AvgIpc) is 3.01. The minimum absolute atomic E-state index is 0.790. The lowest BCUT2D eigenvalue weighted by Crippen LogP contribution is -2.46. The predicted octanol–water partition coefficient (Wildman–Crippen LogP) is 1.34. The molecule has 0 aromatic carbocycles. The van der Waals surface area contributed by atoms with Crippen molar-refractivity contribution in [1.29, 1.82) is 0 Å². The number of H-pyrrole nitrogens is 1. The Balaban J connectivity index is 1.81. The predicted molar refractivity (Wildman–Crippen MR) is 63.5 cm³/mol. The molecule has 0 unspecified atom stereocenters.